The van der Waals surface area contributed by atoms with E-state index in [1.54, 1.807) is 12.1 Å². The quantitative estimate of drug-likeness (QED) is 0.377. The molecular weight excluding hydrogens is 298 g/mol. The number of hydrogen-bond acceptors (Lipinski definition) is 6. The molecule has 0 unspecified atom stereocenters. The Balaban J connectivity index is 1.86. The highest BCUT2D eigenvalue weighted by molar-refractivity contribution is 6.15. The highest BCUT2D eigenvalue weighted by Gasteiger charge is 2.39. The number of phenols is 1. The summed E-state index contributed by atoms with van der Waals surface area (Å²) in [6.45, 7) is 3.01. The van der Waals surface area contributed by atoms with Gasteiger partial charge in [-0.05, 0) is 48.9 Å². The fourth-order valence-electron chi connectivity index (χ4n) is 2.91. The molecule has 1 aromatic carbocycles. The second-order valence-electron chi connectivity index (χ2n) is 6.18. The molecule has 1 heterocycles. The molecule has 122 valence electrons. The van der Waals surface area contributed by atoms with Gasteiger partial charge in [-0.25, -0.2) is 9.59 Å². The maximum atomic E-state index is 11.9. The molecule has 1 saturated heterocycles. The van der Waals surface area contributed by atoms with Crippen molar-refractivity contribution in [1.29, 1.82) is 0 Å². The summed E-state index contributed by atoms with van der Waals surface area (Å²) in [5.41, 5.74) is 2.54. The van der Waals surface area contributed by atoms with E-state index in [-0.39, 0.29) is 11.3 Å². The van der Waals surface area contributed by atoms with Gasteiger partial charge in [-0.2, -0.15) is 0 Å². The molecule has 1 aromatic rings. The van der Waals surface area contributed by atoms with Crippen molar-refractivity contribution in [3.05, 3.63) is 35.0 Å². The van der Waals surface area contributed by atoms with E-state index < -0.39 is 17.7 Å². The topological polar surface area (TPSA) is 84.9 Å². The van der Waals surface area contributed by atoms with Crippen LogP contribution in [0.5, 0.6) is 5.75 Å². The minimum Gasteiger partial charge on any atom is -0.508 e. The maximum Gasteiger partial charge on any atom is 0.350 e. The van der Waals surface area contributed by atoms with Crippen LogP contribution in [-0.2, 0) is 31.9 Å². The Labute approximate surface area is 134 Å². The highest BCUT2D eigenvalue weighted by atomic mass is 16.7. The standard InChI is InChI=1S/C17H19NO5/c1-17(2)22-15(20)12(16(21)23-17)9-18-13-7-8-14(19)11-6-4-3-5-10(11)13/h7-9,18-19H,3-6H2,1-2H3. The summed E-state index contributed by atoms with van der Waals surface area (Å²) in [5.74, 6) is -2.39. The number of carbonyl (C=O) groups is 2. The second kappa shape index (κ2) is 5.61. The monoisotopic (exact) mass is 317 g/mol. The van der Waals surface area contributed by atoms with Gasteiger partial charge in [0.2, 0.25) is 0 Å². The molecule has 1 aliphatic carbocycles. The predicted molar refractivity (Wildman–Crippen MR) is 82.7 cm³/mol. The Morgan fingerprint density at radius 1 is 1.09 bits per heavy atom. The number of rotatable bonds is 2. The third kappa shape index (κ3) is 3.02. The Kier molecular flexibility index (Phi) is 3.75. The van der Waals surface area contributed by atoms with Gasteiger partial charge in [-0.3, -0.25) is 0 Å². The Morgan fingerprint density at radius 2 is 1.70 bits per heavy atom. The van der Waals surface area contributed by atoms with E-state index >= 15 is 0 Å². The summed E-state index contributed by atoms with van der Waals surface area (Å²) in [6.07, 6.45) is 5.06. The summed E-state index contributed by atoms with van der Waals surface area (Å²) in [5, 5.41) is 12.9. The Hall–Kier alpha value is -2.50. The Bertz CT molecular complexity index is 683. The van der Waals surface area contributed by atoms with Crippen LogP contribution < -0.4 is 5.32 Å². The zero-order valence-corrected chi connectivity index (χ0v) is 13.1. The first-order valence-corrected chi connectivity index (χ1v) is 7.64. The van der Waals surface area contributed by atoms with E-state index in [2.05, 4.69) is 5.32 Å². The number of nitrogens with one attached hydrogen (secondary N) is 1. The van der Waals surface area contributed by atoms with Crippen LogP contribution in [-0.4, -0.2) is 22.8 Å². The number of esters is 2. The average molecular weight is 317 g/mol. The van der Waals surface area contributed by atoms with Crippen LogP contribution in [0.25, 0.3) is 0 Å². The van der Waals surface area contributed by atoms with E-state index in [1.165, 1.54) is 20.0 Å². The molecule has 1 aliphatic heterocycles. The van der Waals surface area contributed by atoms with Crippen molar-refractivity contribution in [3.8, 4) is 5.75 Å². The van der Waals surface area contributed by atoms with Crippen LogP contribution in [0.1, 0.15) is 37.8 Å². The third-order valence-electron chi connectivity index (χ3n) is 4.00. The smallest absolute Gasteiger partial charge is 0.350 e. The normalized spacial score (nSPS) is 19.5. The number of aromatic hydroxyl groups is 1. The van der Waals surface area contributed by atoms with Crippen LogP contribution in [0, 0.1) is 0 Å². The lowest BCUT2D eigenvalue weighted by Crippen LogP contribution is -2.42. The molecule has 6 nitrogen and oxygen atoms in total. The minimum atomic E-state index is -1.25. The molecular formula is C17H19NO5. The van der Waals surface area contributed by atoms with Gasteiger partial charge in [-0.1, -0.05) is 0 Å². The van der Waals surface area contributed by atoms with Gasteiger partial charge in [0.1, 0.15) is 5.75 Å². The number of cyclic esters (lactones) is 2. The van der Waals surface area contributed by atoms with E-state index in [0.717, 1.165) is 42.5 Å². The molecule has 2 N–H and O–H groups in total. The molecule has 0 atom stereocenters. The largest absolute Gasteiger partial charge is 0.508 e. The number of phenolic OH excluding ortho intramolecular Hbond substituents is 1. The van der Waals surface area contributed by atoms with Gasteiger partial charge in [0.15, 0.2) is 5.57 Å². The first kappa shape index (κ1) is 15.4. The lowest BCUT2D eigenvalue weighted by molar-refractivity contribution is -0.222. The molecule has 0 spiro atoms. The molecule has 0 amide bonds. The SMILES string of the molecule is CC1(C)OC(=O)C(=CNc2ccc(O)c3c2CCCC3)C(=O)O1. The summed E-state index contributed by atoms with van der Waals surface area (Å²) in [7, 11) is 0. The van der Waals surface area contributed by atoms with Crippen molar-refractivity contribution in [2.24, 2.45) is 0 Å². The third-order valence-corrected chi connectivity index (χ3v) is 4.00. The van der Waals surface area contributed by atoms with E-state index in [1.807, 2.05) is 0 Å². The molecule has 6 heteroatoms. The van der Waals surface area contributed by atoms with Gasteiger partial charge in [0.05, 0.1) is 0 Å². The molecule has 23 heavy (non-hydrogen) atoms. The van der Waals surface area contributed by atoms with Crippen molar-refractivity contribution in [1.82, 2.24) is 0 Å². The minimum absolute atomic E-state index is 0.179. The molecule has 0 radical (unpaired) electrons. The lowest BCUT2D eigenvalue weighted by Gasteiger charge is -2.29. The van der Waals surface area contributed by atoms with Gasteiger partial charge < -0.3 is 19.9 Å². The van der Waals surface area contributed by atoms with Crippen LogP contribution in [0.3, 0.4) is 0 Å². The first-order chi connectivity index (χ1) is 10.9. The summed E-state index contributed by atoms with van der Waals surface area (Å²) in [6, 6.07) is 3.35. The molecule has 0 bridgehead atoms. The summed E-state index contributed by atoms with van der Waals surface area (Å²) >= 11 is 0. The van der Waals surface area contributed by atoms with Gasteiger partial charge in [0.25, 0.3) is 5.79 Å². The van der Waals surface area contributed by atoms with Crippen molar-refractivity contribution >= 4 is 17.6 Å². The lowest BCUT2D eigenvalue weighted by atomic mass is 9.89. The van der Waals surface area contributed by atoms with Crippen molar-refractivity contribution < 1.29 is 24.2 Å². The number of benzene rings is 1. The molecule has 0 saturated carbocycles. The zero-order chi connectivity index (χ0) is 16.6. The van der Waals surface area contributed by atoms with Gasteiger partial charge >= 0.3 is 11.9 Å². The fourth-order valence-corrected chi connectivity index (χ4v) is 2.91. The maximum absolute atomic E-state index is 11.9. The molecule has 2 aliphatic rings. The summed E-state index contributed by atoms with van der Waals surface area (Å²) in [4.78, 5) is 23.8. The van der Waals surface area contributed by atoms with Gasteiger partial charge in [-0.15, -0.1) is 0 Å². The summed E-state index contributed by atoms with van der Waals surface area (Å²) < 4.78 is 10.1. The number of hydrogen-bond donors (Lipinski definition) is 2. The van der Waals surface area contributed by atoms with Crippen molar-refractivity contribution in [2.75, 3.05) is 5.32 Å². The van der Waals surface area contributed by atoms with Crippen LogP contribution >= 0.6 is 0 Å². The second-order valence-corrected chi connectivity index (χ2v) is 6.18. The van der Waals surface area contributed by atoms with Crippen molar-refractivity contribution in [2.45, 2.75) is 45.3 Å². The molecule has 0 aromatic heterocycles. The Morgan fingerprint density at radius 3 is 2.35 bits per heavy atom. The molecule has 1 fully saturated rings. The van der Waals surface area contributed by atoms with Crippen LogP contribution in [0.4, 0.5) is 5.69 Å². The average Bonchev–Trinajstić information content (AvgIpc) is 2.47. The fraction of sp³-hybridized carbons (Fsp3) is 0.412. The van der Waals surface area contributed by atoms with E-state index in [0.29, 0.717) is 0 Å². The van der Waals surface area contributed by atoms with E-state index in [4.69, 9.17) is 9.47 Å². The number of ether oxygens (including phenoxy) is 2. The van der Waals surface area contributed by atoms with Crippen molar-refractivity contribution in [3.63, 3.8) is 0 Å². The van der Waals surface area contributed by atoms with E-state index in [9.17, 15) is 14.7 Å². The molecule has 3 rings (SSSR count). The van der Waals surface area contributed by atoms with Crippen LogP contribution in [0.15, 0.2) is 23.9 Å². The first-order valence-electron chi connectivity index (χ1n) is 7.64. The zero-order valence-electron chi connectivity index (χ0n) is 13.1. The highest BCUT2D eigenvalue weighted by Crippen LogP contribution is 2.34. The number of carbonyl (C=O) groups excluding carboxylic acids is 2. The number of anilines is 1. The number of fused-ring (bicyclic) bond motifs is 1. The predicted octanol–water partition coefficient (Wildman–Crippen LogP) is 2.40. The van der Waals surface area contributed by atoms with Gasteiger partial charge in [0, 0.05) is 25.7 Å². The van der Waals surface area contributed by atoms with Crippen LogP contribution in [0.2, 0.25) is 0 Å².